The number of amides is 2. The summed E-state index contributed by atoms with van der Waals surface area (Å²) in [5.41, 5.74) is 3.88. The third kappa shape index (κ3) is 3.19. The van der Waals surface area contributed by atoms with E-state index < -0.39 is 0 Å². The third-order valence-corrected chi connectivity index (χ3v) is 6.51. The molecule has 1 atom stereocenters. The number of benzene rings is 1. The van der Waals surface area contributed by atoms with E-state index in [0.29, 0.717) is 29.5 Å². The Morgan fingerprint density at radius 3 is 2.47 bits per heavy atom. The van der Waals surface area contributed by atoms with Crippen LogP contribution >= 0.6 is 11.6 Å². The number of fused-ring (bicyclic) bond motifs is 1. The quantitative estimate of drug-likeness (QED) is 0.566. The molecule has 1 unspecified atom stereocenters. The molecular weight excluding hydrogens is 426 g/mol. The molecule has 4 heterocycles. The summed E-state index contributed by atoms with van der Waals surface area (Å²) in [5.74, 6) is 0.105. The van der Waals surface area contributed by atoms with Crippen molar-refractivity contribution < 1.29 is 9.59 Å². The predicted molar refractivity (Wildman–Crippen MR) is 121 cm³/mol. The van der Waals surface area contributed by atoms with Crippen molar-refractivity contribution in [2.45, 2.75) is 32.9 Å². The maximum Gasteiger partial charge on any atom is 0.273 e. The van der Waals surface area contributed by atoms with Gasteiger partial charge in [0.15, 0.2) is 0 Å². The van der Waals surface area contributed by atoms with Crippen LogP contribution in [0.25, 0.3) is 5.69 Å². The zero-order chi connectivity index (χ0) is 22.6. The zero-order valence-corrected chi connectivity index (χ0v) is 19.0. The van der Waals surface area contributed by atoms with Crippen molar-refractivity contribution in [1.29, 1.82) is 0 Å². The normalized spacial score (nSPS) is 18.3. The van der Waals surface area contributed by atoms with Crippen molar-refractivity contribution in [2.75, 3.05) is 13.1 Å². The van der Waals surface area contributed by atoms with E-state index in [1.54, 1.807) is 21.7 Å². The fraction of sp³-hybridized carbons (Fsp3) is 0.333. The van der Waals surface area contributed by atoms with Gasteiger partial charge in [-0.3, -0.25) is 9.59 Å². The number of halogens is 1. The lowest BCUT2D eigenvalue weighted by Crippen LogP contribution is -2.62. The maximum absolute atomic E-state index is 13.7. The van der Waals surface area contributed by atoms with Gasteiger partial charge in [0.05, 0.1) is 29.0 Å². The number of para-hydroxylation sites is 1. The molecule has 8 heteroatoms. The average molecular weight is 450 g/mol. The lowest BCUT2D eigenvalue weighted by Gasteiger charge is -2.47. The third-order valence-electron chi connectivity index (χ3n) is 6.29. The molecule has 2 aliphatic heterocycles. The summed E-state index contributed by atoms with van der Waals surface area (Å²) in [6, 6.07) is 12.9. The van der Waals surface area contributed by atoms with Crippen LogP contribution in [0.4, 0.5) is 0 Å². The molecule has 0 radical (unpaired) electrons. The van der Waals surface area contributed by atoms with Gasteiger partial charge in [-0.15, -0.1) is 0 Å². The van der Waals surface area contributed by atoms with Crippen LogP contribution < -0.4 is 0 Å². The van der Waals surface area contributed by atoms with Gasteiger partial charge in [0.25, 0.3) is 11.8 Å². The number of aryl methyl sites for hydroxylation is 1. The van der Waals surface area contributed by atoms with Crippen LogP contribution in [-0.2, 0) is 0 Å². The Bertz CT molecular complexity index is 1180. The van der Waals surface area contributed by atoms with Crippen LogP contribution in [0.5, 0.6) is 0 Å². The van der Waals surface area contributed by atoms with Crippen LogP contribution in [0.2, 0.25) is 5.15 Å². The molecular formula is C24H24ClN5O2. The first-order chi connectivity index (χ1) is 15.4. The highest BCUT2D eigenvalue weighted by Crippen LogP contribution is 2.43. The van der Waals surface area contributed by atoms with Gasteiger partial charge in [-0.25, -0.2) is 9.67 Å². The molecule has 7 nitrogen and oxygen atoms in total. The minimum Gasteiger partial charge on any atom is -0.334 e. The molecule has 164 valence electrons. The lowest BCUT2D eigenvalue weighted by molar-refractivity contribution is 0.00827. The number of hydrogen-bond acceptors (Lipinski definition) is 4. The van der Waals surface area contributed by atoms with Gasteiger partial charge >= 0.3 is 0 Å². The summed E-state index contributed by atoms with van der Waals surface area (Å²) >= 11 is 5.83. The number of pyridine rings is 1. The Labute approximate surface area is 191 Å². The van der Waals surface area contributed by atoms with Gasteiger partial charge in [-0.1, -0.05) is 43.6 Å². The van der Waals surface area contributed by atoms with Gasteiger partial charge < -0.3 is 9.80 Å². The van der Waals surface area contributed by atoms with Gasteiger partial charge in [0, 0.05) is 24.8 Å². The first-order valence-electron chi connectivity index (χ1n) is 10.7. The van der Waals surface area contributed by atoms with Crippen molar-refractivity contribution in [3.05, 3.63) is 76.3 Å². The second-order valence-corrected chi connectivity index (χ2v) is 9.12. The van der Waals surface area contributed by atoms with Gasteiger partial charge in [-0.2, -0.15) is 5.10 Å². The highest BCUT2D eigenvalue weighted by molar-refractivity contribution is 6.29. The molecule has 5 rings (SSSR count). The molecule has 2 aliphatic rings. The number of nitrogens with zero attached hydrogens (tertiary/aromatic N) is 5. The summed E-state index contributed by atoms with van der Waals surface area (Å²) in [6.07, 6.45) is 1.49. The molecule has 2 amide bonds. The number of carbonyl (C=O) groups excluding carboxylic acids is 2. The van der Waals surface area contributed by atoms with Crippen molar-refractivity contribution >= 4 is 23.4 Å². The van der Waals surface area contributed by atoms with E-state index in [1.807, 2.05) is 42.2 Å². The minimum absolute atomic E-state index is 0.0200. The smallest absolute Gasteiger partial charge is 0.273 e. The summed E-state index contributed by atoms with van der Waals surface area (Å²) < 4.78 is 1.77. The fourth-order valence-corrected chi connectivity index (χ4v) is 4.88. The molecule has 1 aromatic carbocycles. The first-order valence-corrected chi connectivity index (χ1v) is 11.1. The van der Waals surface area contributed by atoms with Crippen LogP contribution in [0.15, 0.2) is 48.7 Å². The van der Waals surface area contributed by atoms with Crippen LogP contribution in [0.1, 0.15) is 52.0 Å². The second-order valence-electron chi connectivity index (χ2n) is 8.73. The first kappa shape index (κ1) is 20.7. The molecule has 0 bridgehead atoms. The summed E-state index contributed by atoms with van der Waals surface area (Å²) in [5, 5.41) is 5.05. The van der Waals surface area contributed by atoms with E-state index in [-0.39, 0.29) is 29.8 Å². The summed E-state index contributed by atoms with van der Waals surface area (Å²) in [4.78, 5) is 34.2. The number of aromatic nitrogens is 3. The average Bonchev–Trinajstić information content (AvgIpc) is 3.24. The van der Waals surface area contributed by atoms with Crippen LogP contribution in [-0.4, -0.2) is 55.5 Å². The van der Waals surface area contributed by atoms with Gasteiger partial charge in [0.1, 0.15) is 10.8 Å². The molecule has 0 saturated carbocycles. The van der Waals surface area contributed by atoms with E-state index in [1.165, 1.54) is 6.20 Å². The topological polar surface area (TPSA) is 71.3 Å². The van der Waals surface area contributed by atoms with E-state index in [0.717, 1.165) is 16.9 Å². The van der Waals surface area contributed by atoms with Gasteiger partial charge in [-0.05, 0) is 37.1 Å². The van der Waals surface area contributed by atoms with Crippen molar-refractivity contribution in [2.24, 2.45) is 5.92 Å². The van der Waals surface area contributed by atoms with E-state index in [4.69, 9.17) is 16.7 Å². The van der Waals surface area contributed by atoms with E-state index >= 15 is 0 Å². The standard InChI is InChI=1S/C24H24ClN5O2/c1-14(2)21-20-15(3)27-30(17-7-5-4-6-8-17)22(20)24(32)29(21)18-12-28(13-18)23(31)16-9-10-19(25)26-11-16/h4-11,14,18,21H,12-13H2,1-3H3. The largest absolute Gasteiger partial charge is 0.334 e. The molecule has 32 heavy (non-hydrogen) atoms. The van der Waals surface area contributed by atoms with Crippen LogP contribution in [0, 0.1) is 12.8 Å². The SMILES string of the molecule is Cc1nn(-c2ccccc2)c2c1C(C(C)C)N(C1CN(C(=O)c3ccc(Cl)nc3)C1)C2=O. The predicted octanol–water partition coefficient (Wildman–Crippen LogP) is 3.91. The summed E-state index contributed by atoms with van der Waals surface area (Å²) in [7, 11) is 0. The Morgan fingerprint density at radius 2 is 1.84 bits per heavy atom. The second kappa shape index (κ2) is 7.74. The van der Waals surface area contributed by atoms with Crippen molar-refractivity contribution in [3.63, 3.8) is 0 Å². The molecule has 1 saturated heterocycles. The fourth-order valence-electron chi connectivity index (χ4n) is 4.77. The zero-order valence-electron chi connectivity index (χ0n) is 18.2. The Kier molecular flexibility index (Phi) is 5.01. The molecule has 3 aromatic rings. The monoisotopic (exact) mass is 449 g/mol. The van der Waals surface area contributed by atoms with Gasteiger partial charge in [0.2, 0.25) is 0 Å². The maximum atomic E-state index is 13.7. The van der Waals surface area contributed by atoms with Crippen LogP contribution in [0.3, 0.4) is 0 Å². The minimum atomic E-state index is -0.0951. The van der Waals surface area contributed by atoms with E-state index in [2.05, 4.69) is 18.8 Å². The number of carbonyl (C=O) groups is 2. The number of rotatable bonds is 4. The molecule has 1 fully saturated rings. The molecule has 0 N–H and O–H groups in total. The Hall–Kier alpha value is -3.19. The Balaban J connectivity index is 1.42. The highest BCUT2D eigenvalue weighted by atomic mass is 35.5. The van der Waals surface area contributed by atoms with Crippen molar-refractivity contribution in [3.8, 4) is 5.69 Å². The molecule has 0 aliphatic carbocycles. The Morgan fingerprint density at radius 1 is 1.12 bits per heavy atom. The summed E-state index contributed by atoms with van der Waals surface area (Å²) in [6.45, 7) is 7.21. The molecule has 0 spiro atoms. The molecule has 2 aromatic heterocycles. The van der Waals surface area contributed by atoms with E-state index in [9.17, 15) is 9.59 Å². The highest BCUT2D eigenvalue weighted by Gasteiger charge is 2.50. The lowest BCUT2D eigenvalue weighted by atomic mass is 9.94. The van der Waals surface area contributed by atoms with Crippen molar-refractivity contribution in [1.82, 2.24) is 24.6 Å². The number of likely N-dealkylation sites (tertiary alicyclic amines) is 1. The number of hydrogen-bond donors (Lipinski definition) is 0.